The number of aryl methyl sites for hydroxylation is 1. The van der Waals surface area contributed by atoms with Crippen LogP contribution in [0.5, 0.6) is 5.75 Å². The summed E-state index contributed by atoms with van der Waals surface area (Å²) in [6.07, 6.45) is 1.47. The third kappa shape index (κ3) is 6.98. The average molecular weight is 584 g/mol. The number of hydrogen-bond acceptors (Lipinski definition) is 9. The number of nitrogens with zero attached hydrogens (tertiary/aromatic N) is 5. The second-order valence-electron chi connectivity index (χ2n) is 8.34. The molecule has 1 aliphatic rings. The first-order chi connectivity index (χ1) is 18.8. The van der Waals surface area contributed by atoms with E-state index in [1.807, 2.05) is 34.3 Å². The van der Waals surface area contributed by atoms with Gasteiger partial charge < -0.3 is 36.9 Å². The van der Waals surface area contributed by atoms with Crippen LogP contribution < -0.4 is 31.8 Å². The largest absolute Gasteiger partial charge is 0.492 e. The van der Waals surface area contributed by atoms with Crippen molar-refractivity contribution in [2.75, 3.05) is 57.3 Å². The van der Waals surface area contributed by atoms with Crippen molar-refractivity contribution in [3.63, 3.8) is 0 Å². The Morgan fingerprint density at radius 1 is 1.18 bits per heavy atom. The van der Waals surface area contributed by atoms with Crippen LogP contribution in [0.3, 0.4) is 0 Å². The van der Waals surface area contributed by atoms with Gasteiger partial charge in [0.15, 0.2) is 40.1 Å². The fourth-order valence-electron chi connectivity index (χ4n) is 4.26. The zero-order chi connectivity index (χ0) is 28.5. The molecule has 0 unspecified atom stereocenters. The lowest BCUT2D eigenvalue weighted by molar-refractivity contribution is -0.668. The normalized spacial score (nSPS) is 13.1. The summed E-state index contributed by atoms with van der Waals surface area (Å²) in [5, 5.41) is 2.71. The van der Waals surface area contributed by atoms with Crippen LogP contribution in [0, 0.1) is 0 Å². The third-order valence-corrected chi connectivity index (χ3v) is 6.32. The van der Waals surface area contributed by atoms with E-state index in [2.05, 4.69) is 26.9 Å². The van der Waals surface area contributed by atoms with E-state index in [0.717, 1.165) is 11.0 Å². The van der Waals surface area contributed by atoms with E-state index in [-0.39, 0.29) is 41.5 Å². The number of alkyl halides is 1. The van der Waals surface area contributed by atoms with Crippen LogP contribution in [0.25, 0.3) is 11.0 Å². The second kappa shape index (κ2) is 14.1. The van der Waals surface area contributed by atoms with Gasteiger partial charge in [-0.15, -0.1) is 11.6 Å². The number of fused-ring (bicyclic) bond motifs is 1. The Labute approximate surface area is 236 Å². The van der Waals surface area contributed by atoms with E-state index in [4.69, 9.17) is 38.3 Å². The lowest BCUT2D eigenvalue weighted by atomic mass is 10.3. The maximum absolute atomic E-state index is 13.2. The highest BCUT2D eigenvalue weighted by Crippen LogP contribution is 2.22. The highest BCUT2D eigenvalue weighted by molar-refractivity contribution is 6.31. The van der Waals surface area contributed by atoms with Gasteiger partial charge >= 0.3 is 0 Å². The van der Waals surface area contributed by atoms with Gasteiger partial charge in [0, 0.05) is 32.1 Å². The minimum atomic E-state index is -0.571. The fraction of sp³-hybridized carbons (Fsp3) is 0.458. The molecule has 0 saturated carbocycles. The van der Waals surface area contributed by atoms with Gasteiger partial charge in [0.1, 0.15) is 18.9 Å². The molecule has 0 bridgehead atoms. The third-order valence-electron chi connectivity index (χ3n) is 6.04. The van der Waals surface area contributed by atoms with Crippen LogP contribution in [0.1, 0.15) is 23.2 Å². The Morgan fingerprint density at radius 2 is 1.90 bits per heavy atom. The molecule has 7 N–H and O–H groups in total. The maximum Gasteiger partial charge on any atom is 0.277 e. The van der Waals surface area contributed by atoms with Crippen LogP contribution in [-0.2, 0) is 29.2 Å². The van der Waals surface area contributed by atoms with Crippen LogP contribution >= 0.6 is 23.2 Å². The van der Waals surface area contributed by atoms with Crippen LogP contribution in [0.4, 0.5) is 11.6 Å². The van der Waals surface area contributed by atoms with E-state index in [9.17, 15) is 9.59 Å². The minimum absolute atomic E-state index is 0.0417. The van der Waals surface area contributed by atoms with E-state index >= 15 is 0 Å². The van der Waals surface area contributed by atoms with Crippen molar-refractivity contribution in [3.8, 4) is 5.75 Å². The Balaban J connectivity index is 0.00000205. The number of nitrogens with one attached hydrogen (secondary N) is 1. The van der Waals surface area contributed by atoms with Crippen molar-refractivity contribution in [2.45, 2.75) is 26.6 Å². The first-order valence-corrected chi connectivity index (χ1v) is 13.4. The van der Waals surface area contributed by atoms with Gasteiger partial charge in [0.05, 0.1) is 19.8 Å². The second-order valence-corrected chi connectivity index (χ2v) is 8.70. The summed E-state index contributed by atoms with van der Waals surface area (Å²) in [5.74, 6) is 0.558. The molecule has 39 heavy (non-hydrogen) atoms. The lowest BCUT2D eigenvalue weighted by Crippen LogP contribution is -2.50. The molecule has 4 rings (SSSR count). The number of imidazole rings is 1. The quantitative estimate of drug-likeness (QED) is 0.207. The number of aromatic nitrogens is 4. The number of hydrogen-bond donors (Lipinski definition) is 4. The molecule has 13 nitrogen and oxygen atoms in total. The van der Waals surface area contributed by atoms with Gasteiger partial charge in [0.25, 0.3) is 17.6 Å². The van der Waals surface area contributed by atoms with Crippen molar-refractivity contribution in [3.05, 3.63) is 34.9 Å². The van der Waals surface area contributed by atoms with E-state index in [1.54, 1.807) is 4.90 Å². The SMILES string of the molecule is CCl.CCn1c(CNC(=O)c2nc(Cl)c(N)nc2N)[n+](CC(=O)N2CCOCC2)c2ccc(OCCN)cc21. The highest BCUT2D eigenvalue weighted by atomic mass is 35.5. The molecule has 1 aromatic carbocycles. The van der Waals surface area contributed by atoms with Gasteiger partial charge in [0.2, 0.25) is 0 Å². The number of halogens is 2. The van der Waals surface area contributed by atoms with Crippen molar-refractivity contribution in [1.82, 2.24) is 24.8 Å². The zero-order valence-electron chi connectivity index (χ0n) is 22.0. The number of rotatable bonds is 9. The molecule has 1 fully saturated rings. The Morgan fingerprint density at radius 3 is 2.56 bits per heavy atom. The predicted molar refractivity (Wildman–Crippen MR) is 149 cm³/mol. The molecular weight excluding hydrogens is 549 g/mol. The van der Waals surface area contributed by atoms with Crippen molar-refractivity contribution in [2.24, 2.45) is 5.73 Å². The van der Waals surface area contributed by atoms with Crippen LogP contribution in [-0.4, -0.2) is 77.1 Å². The number of nitrogens with two attached hydrogens (primary N) is 3. The molecule has 15 heteroatoms. The standard InChI is InChI=1S/C23H30ClN9O4.CH3Cl/c1-2-32-16-11-14(37-8-5-25)3-4-15(16)33(13-18(34)31-6-9-36-10-7-31)17(32)12-28-23(35)19-21(26)30-22(27)20(24)29-19;1-2/h3-4,11H,2,5-10,12-13,25H2,1H3,(H4-,26,27,28,30,35);1H3/p+1. The van der Waals surface area contributed by atoms with E-state index < -0.39 is 5.91 Å². The molecule has 3 aromatic rings. The Kier molecular flexibility index (Phi) is 10.9. The summed E-state index contributed by atoms with van der Waals surface area (Å²) in [5.41, 5.74) is 18.6. The number of ether oxygens (including phenoxy) is 2. The average Bonchev–Trinajstić information content (AvgIpc) is 3.25. The first kappa shape index (κ1) is 30.2. The zero-order valence-corrected chi connectivity index (χ0v) is 23.5. The number of carbonyl (C=O) groups excluding carboxylic acids is 2. The number of anilines is 2. The summed E-state index contributed by atoms with van der Waals surface area (Å²) in [4.78, 5) is 35.7. The number of morpholine rings is 1. The molecule has 3 heterocycles. The molecule has 1 saturated heterocycles. The summed E-state index contributed by atoms with van der Waals surface area (Å²) < 4.78 is 15.0. The molecular formula is C24H34Cl2N9O4+. The maximum atomic E-state index is 13.2. The van der Waals surface area contributed by atoms with Gasteiger partial charge in [-0.1, -0.05) is 11.6 Å². The molecule has 0 radical (unpaired) electrons. The lowest BCUT2D eigenvalue weighted by Gasteiger charge is -2.26. The molecule has 2 aromatic heterocycles. The Bertz CT molecular complexity index is 1310. The molecule has 0 aliphatic carbocycles. The Hall–Kier alpha value is -3.39. The van der Waals surface area contributed by atoms with Crippen molar-refractivity contribution < 1.29 is 23.6 Å². The number of nitrogen functional groups attached to an aromatic ring is 2. The topological polar surface area (TPSA) is 181 Å². The smallest absolute Gasteiger partial charge is 0.277 e. The molecule has 0 atom stereocenters. The van der Waals surface area contributed by atoms with Crippen molar-refractivity contribution in [1.29, 1.82) is 0 Å². The summed E-state index contributed by atoms with van der Waals surface area (Å²) in [6, 6.07) is 5.63. The monoisotopic (exact) mass is 582 g/mol. The highest BCUT2D eigenvalue weighted by Gasteiger charge is 2.29. The fourth-order valence-corrected chi connectivity index (χ4v) is 4.38. The van der Waals surface area contributed by atoms with E-state index in [1.165, 1.54) is 6.38 Å². The van der Waals surface area contributed by atoms with Crippen molar-refractivity contribution >= 4 is 57.7 Å². The van der Waals surface area contributed by atoms with E-state index in [0.29, 0.717) is 57.6 Å². The van der Waals surface area contributed by atoms with Crippen LogP contribution in [0.2, 0.25) is 5.15 Å². The summed E-state index contributed by atoms with van der Waals surface area (Å²) in [6.45, 7) is 5.58. The van der Waals surface area contributed by atoms with Gasteiger partial charge in [-0.05, 0) is 19.1 Å². The van der Waals surface area contributed by atoms with Gasteiger partial charge in [-0.2, -0.15) is 0 Å². The minimum Gasteiger partial charge on any atom is -0.492 e. The first-order valence-electron chi connectivity index (χ1n) is 12.3. The van der Waals surface area contributed by atoms with Crippen LogP contribution in [0.15, 0.2) is 18.2 Å². The van der Waals surface area contributed by atoms with Gasteiger partial charge in [-0.25, -0.2) is 19.1 Å². The summed E-state index contributed by atoms with van der Waals surface area (Å²) >= 11 is 10.6. The molecule has 1 aliphatic heterocycles. The number of benzene rings is 1. The number of carbonyl (C=O) groups is 2. The molecule has 212 valence electrons. The molecule has 2 amide bonds. The molecule has 0 spiro atoms. The predicted octanol–water partition coefficient (Wildman–Crippen LogP) is 0.538. The number of amides is 2. The summed E-state index contributed by atoms with van der Waals surface area (Å²) in [7, 11) is 0. The van der Waals surface area contributed by atoms with Gasteiger partial charge in [-0.3, -0.25) is 9.59 Å².